The van der Waals surface area contributed by atoms with E-state index < -0.39 is 48.2 Å². The molecule has 1 rings (SSSR count). The zero-order valence-corrected chi connectivity index (χ0v) is 20.8. The van der Waals surface area contributed by atoms with Gasteiger partial charge in [-0.25, -0.2) is 9.59 Å². The number of esters is 1. The molecular formula is C24H35NO10. The largest absolute Gasteiger partial charge is 0.513 e. The van der Waals surface area contributed by atoms with E-state index in [2.05, 4.69) is 0 Å². The molecule has 4 atom stereocenters. The van der Waals surface area contributed by atoms with Crippen LogP contribution in [0.4, 0.5) is 9.59 Å². The maximum Gasteiger partial charge on any atom is 0.513 e. The molecule has 0 saturated heterocycles. The Balaban J connectivity index is 3.41. The SMILES string of the molecule is CCCOC(=O)Oc1ccc(C(C(C)C(C)OC(=O)CC)[C@H](N)C(=O)O)cc1OC(=O)OCCC. The fourth-order valence-electron chi connectivity index (χ4n) is 3.19. The average Bonchev–Trinajstić information content (AvgIpc) is 2.82. The number of hydrogen-bond acceptors (Lipinski definition) is 10. The van der Waals surface area contributed by atoms with Gasteiger partial charge in [0.15, 0.2) is 11.5 Å². The van der Waals surface area contributed by atoms with E-state index in [0.717, 1.165) is 0 Å². The first kappa shape index (κ1) is 29.7. The highest BCUT2D eigenvalue weighted by molar-refractivity contribution is 5.75. The molecule has 196 valence electrons. The lowest BCUT2D eigenvalue weighted by atomic mass is 9.79. The van der Waals surface area contributed by atoms with Gasteiger partial charge in [-0.3, -0.25) is 9.59 Å². The summed E-state index contributed by atoms with van der Waals surface area (Å²) >= 11 is 0. The van der Waals surface area contributed by atoms with Gasteiger partial charge in [0.25, 0.3) is 0 Å². The van der Waals surface area contributed by atoms with Gasteiger partial charge < -0.3 is 34.5 Å². The van der Waals surface area contributed by atoms with Crippen molar-refractivity contribution in [1.29, 1.82) is 0 Å². The van der Waals surface area contributed by atoms with Crippen molar-refractivity contribution in [2.45, 2.75) is 71.9 Å². The summed E-state index contributed by atoms with van der Waals surface area (Å²) in [6.07, 6.45) is -1.41. The van der Waals surface area contributed by atoms with Crippen molar-refractivity contribution in [2.75, 3.05) is 13.2 Å². The Morgan fingerprint density at radius 3 is 1.94 bits per heavy atom. The van der Waals surface area contributed by atoms with Gasteiger partial charge in [0.2, 0.25) is 0 Å². The number of carboxylic acids is 1. The second-order valence-corrected chi connectivity index (χ2v) is 7.90. The normalized spacial score (nSPS) is 14.1. The zero-order valence-electron chi connectivity index (χ0n) is 20.8. The molecule has 0 aliphatic carbocycles. The fraction of sp³-hybridized carbons (Fsp3) is 0.583. The monoisotopic (exact) mass is 497 g/mol. The van der Waals surface area contributed by atoms with Gasteiger partial charge in [0.1, 0.15) is 12.1 Å². The Hall–Kier alpha value is -3.34. The quantitative estimate of drug-likeness (QED) is 0.230. The second kappa shape index (κ2) is 14.8. The lowest BCUT2D eigenvalue weighted by Gasteiger charge is -2.31. The Morgan fingerprint density at radius 1 is 0.914 bits per heavy atom. The molecule has 1 aromatic rings. The third-order valence-corrected chi connectivity index (χ3v) is 5.17. The van der Waals surface area contributed by atoms with Crippen LogP contribution in [0, 0.1) is 5.92 Å². The topological polar surface area (TPSA) is 161 Å². The number of ether oxygens (including phenoxy) is 5. The summed E-state index contributed by atoms with van der Waals surface area (Å²) in [5, 5.41) is 9.62. The van der Waals surface area contributed by atoms with Crippen molar-refractivity contribution < 1.29 is 48.0 Å². The summed E-state index contributed by atoms with van der Waals surface area (Å²) in [6, 6.07) is 2.79. The summed E-state index contributed by atoms with van der Waals surface area (Å²) in [7, 11) is 0. The summed E-state index contributed by atoms with van der Waals surface area (Å²) in [5.74, 6) is -3.44. The first-order valence-corrected chi connectivity index (χ1v) is 11.6. The van der Waals surface area contributed by atoms with Gasteiger partial charge in [-0.05, 0) is 37.5 Å². The Labute approximate surface area is 204 Å². The van der Waals surface area contributed by atoms with Crippen molar-refractivity contribution >= 4 is 24.2 Å². The molecule has 0 amide bonds. The van der Waals surface area contributed by atoms with Gasteiger partial charge in [-0.1, -0.05) is 33.8 Å². The molecule has 0 bridgehead atoms. The number of carboxylic acid groups (broad SMARTS) is 1. The van der Waals surface area contributed by atoms with Crippen molar-refractivity contribution in [3.63, 3.8) is 0 Å². The van der Waals surface area contributed by atoms with E-state index in [1.807, 2.05) is 6.92 Å². The Morgan fingerprint density at radius 2 is 1.46 bits per heavy atom. The molecular weight excluding hydrogens is 462 g/mol. The molecule has 3 unspecified atom stereocenters. The third-order valence-electron chi connectivity index (χ3n) is 5.17. The van der Waals surface area contributed by atoms with E-state index in [-0.39, 0.29) is 31.1 Å². The van der Waals surface area contributed by atoms with Crippen LogP contribution in [0.3, 0.4) is 0 Å². The molecule has 0 fully saturated rings. The van der Waals surface area contributed by atoms with Gasteiger partial charge in [0, 0.05) is 18.3 Å². The van der Waals surface area contributed by atoms with Crippen LogP contribution < -0.4 is 15.2 Å². The molecule has 0 radical (unpaired) electrons. The minimum absolute atomic E-state index is 0.108. The molecule has 3 N–H and O–H groups in total. The number of rotatable bonds is 13. The number of benzene rings is 1. The number of carbonyl (C=O) groups is 4. The predicted octanol–water partition coefficient (Wildman–Crippen LogP) is 4.01. The molecule has 0 heterocycles. The Kier molecular flexibility index (Phi) is 12.6. The minimum Gasteiger partial charge on any atom is -0.480 e. The lowest BCUT2D eigenvalue weighted by molar-refractivity contribution is -0.150. The number of hydrogen-bond donors (Lipinski definition) is 2. The fourth-order valence-corrected chi connectivity index (χ4v) is 3.19. The molecule has 35 heavy (non-hydrogen) atoms. The lowest BCUT2D eigenvalue weighted by Crippen LogP contribution is -2.42. The van der Waals surface area contributed by atoms with Gasteiger partial charge in [-0.15, -0.1) is 0 Å². The summed E-state index contributed by atoms with van der Waals surface area (Å²) in [6.45, 7) is 8.84. The van der Waals surface area contributed by atoms with Crippen LogP contribution in [0.1, 0.15) is 65.4 Å². The molecule has 1 aromatic carbocycles. The standard InChI is InChI=1S/C24H35NO10/c1-6-11-31-23(29)34-17-10-9-16(13-18(17)35-24(30)32-12-7-2)20(21(25)22(27)28)14(4)15(5)33-19(26)8-3/h9-10,13-15,20-21H,6-8,11-12,25H2,1-5H3,(H,27,28)/t14?,15?,20?,21-/m0/s1. The van der Waals surface area contributed by atoms with Gasteiger partial charge in [-0.2, -0.15) is 0 Å². The second-order valence-electron chi connectivity index (χ2n) is 7.90. The van der Waals surface area contributed by atoms with E-state index in [4.69, 9.17) is 29.4 Å². The molecule has 0 saturated carbocycles. The van der Waals surface area contributed by atoms with E-state index >= 15 is 0 Å². The molecule has 0 spiro atoms. The molecule has 11 nitrogen and oxygen atoms in total. The smallest absolute Gasteiger partial charge is 0.480 e. The van der Waals surface area contributed by atoms with E-state index in [0.29, 0.717) is 18.4 Å². The van der Waals surface area contributed by atoms with E-state index in [1.54, 1.807) is 27.7 Å². The maximum atomic E-state index is 12.1. The van der Waals surface area contributed by atoms with Crippen LogP contribution >= 0.6 is 0 Å². The van der Waals surface area contributed by atoms with Crippen molar-refractivity contribution in [3.8, 4) is 11.5 Å². The first-order valence-electron chi connectivity index (χ1n) is 11.6. The summed E-state index contributed by atoms with van der Waals surface area (Å²) < 4.78 is 25.6. The van der Waals surface area contributed by atoms with Crippen LogP contribution in [-0.4, -0.2) is 54.7 Å². The number of nitrogens with two attached hydrogens (primary N) is 1. The van der Waals surface area contributed by atoms with Crippen LogP contribution in [-0.2, 0) is 23.8 Å². The maximum absolute atomic E-state index is 12.1. The van der Waals surface area contributed by atoms with Crippen molar-refractivity contribution in [3.05, 3.63) is 23.8 Å². The highest BCUT2D eigenvalue weighted by Crippen LogP contribution is 2.37. The van der Waals surface area contributed by atoms with Gasteiger partial charge >= 0.3 is 24.2 Å². The van der Waals surface area contributed by atoms with Crippen LogP contribution in [0.2, 0.25) is 0 Å². The zero-order chi connectivity index (χ0) is 26.5. The first-order chi connectivity index (χ1) is 16.5. The highest BCUT2D eigenvalue weighted by atomic mass is 16.7. The van der Waals surface area contributed by atoms with E-state index in [9.17, 15) is 24.3 Å². The summed E-state index contributed by atoms with van der Waals surface area (Å²) in [4.78, 5) is 47.6. The van der Waals surface area contributed by atoms with E-state index in [1.165, 1.54) is 18.2 Å². The third kappa shape index (κ3) is 9.44. The Bertz CT molecular complexity index is 872. The summed E-state index contributed by atoms with van der Waals surface area (Å²) in [5.41, 5.74) is 6.37. The molecule has 0 aliphatic heterocycles. The number of aliphatic carboxylic acids is 1. The van der Waals surface area contributed by atoms with Crippen LogP contribution in [0.25, 0.3) is 0 Å². The molecule has 0 aliphatic rings. The molecule has 0 aromatic heterocycles. The minimum atomic E-state index is -1.38. The van der Waals surface area contributed by atoms with Gasteiger partial charge in [0.05, 0.1) is 13.2 Å². The van der Waals surface area contributed by atoms with Crippen molar-refractivity contribution in [1.82, 2.24) is 0 Å². The highest BCUT2D eigenvalue weighted by Gasteiger charge is 2.35. The van der Waals surface area contributed by atoms with Crippen LogP contribution in [0.5, 0.6) is 11.5 Å². The average molecular weight is 498 g/mol. The van der Waals surface area contributed by atoms with Crippen LogP contribution in [0.15, 0.2) is 18.2 Å². The van der Waals surface area contributed by atoms with Crippen molar-refractivity contribution in [2.24, 2.45) is 11.7 Å². The molecule has 11 heteroatoms. The predicted molar refractivity (Wildman–Crippen MR) is 124 cm³/mol. The number of carbonyl (C=O) groups excluding carboxylic acids is 3.